The molecule has 0 radical (unpaired) electrons. The van der Waals surface area contributed by atoms with Crippen LogP contribution in [0, 0.1) is 5.82 Å². The van der Waals surface area contributed by atoms with Crippen molar-refractivity contribution in [3.05, 3.63) is 47.8 Å². The zero-order valence-electron chi connectivity index (χ0n) is 17.0. The molecule has 0 amide bonds. The van der Waals surface area contributed by atoms with Gasteiger partial charge in [0.2, 0.25) is 17.8 Å². The third kappa shape index (κ3) is 5.71. The highest BCUT2D eigenvalue weighted by Crippen LogP contribution is 2.20. The van der Waals surface area contributed by atoms with Gasteiger partial charge in [-0.25, -0.2) is 4.39 Å². The third-order valence-electron chi connectivity index (χ3n) is 4.52. The van der Waals surface area contributed by atoms with Crippen molar-refractivity contribution in [1.82, 2.24) is 20.3 Å². The Morgan fingerprint density at radius 1 is 1.14 bits per heavy atom. The Kier molecular flexibility index (Phi) is 7.07. The second-order valence-corrected chi connectivity index (χ2v) is 6.64. The summed E-state index contributed by atoms with van der Waals surface area (Å²) in [6, 6.07) is 6.28. The fourth-order valence-corrected chi connectivity index (χ4v) is 2.87. The minimum atomic E-state index is -0.261. The highest BCUT2D eigenvalue weighted by molar-refractivity contribution is 6.04. The summed E-state index contributed by atoms with van der Waals surface area (Å²) in [5, 5.41) is 9.59. The summed E-state index contributed by atoms with van der Waals surface area (Å²) in [7, 11) is 1.91. The highest BCUT2D eigenvalue weighted by atomic mass is 19.1. The number of hydrogen-bond acceptors (Lipinski definition) is 8. The molecule has 2 heterocycles. The molecule has 29 heavy (non-hydrogen) atoms. The largest absolute Gasteiger partial charge is 0.348 e. The van der Waals surface area contributed by atoms with Gasteiger partial charge in [-0.15, -0.1) is 0 Å². The second-order valence-electron chi connectivity index (χ2n) is 6.64. The van der Waals surface area contributed by atoms with Gasteiger partial charge in [-0.3, -0.25) is 4.99 Å². The molecule has 0 spiro atoms. The number of rotatable bonds is 9. The maximum Gasteiger partial charge on any atom is 0.234 e. The SMILES string of the molecule is CCN(CCNC)c1nc(NC2=NCC=C2)nc(NC(C)c2ccc(F)cc2)n1. The van der Waals surface area contributed by atoms with Crippen LogP contribution in [-0.2, 0) is 0 Å². The van der Waals surface area contributed by atoms with Crippen molar-refractivity contribution >= 4 is 23.7 Å². The van der Waals surface area contributed by atoms with E-state index in [1.54, 1.807) is 12.1 Å². The number of anilines is 3. The Labute approximate surface area is 170 Å². The van der Waals surface area contributed by atoms with Gasteiger partial charge in [-0.1, -0.05) is 18.2 Å². The summed E-state index contributed by atoms with van der Waals surface area (Å²) < 4.78 is 13.2. The Morgan fingerprint density at radius 2 is 1.90 bits per heavy atom. The van der Waals surface area contributed by atoms with Crippen LogP contribution in [-0.4, -0.2) is 54.0 Å². The first-order valence-electron chi connectivity index (χ1n) is 9.74. The van der Waals surface area contributed by atoms with E-state index < -0.39 is 0 Å². The first-order chi connectivity index (χ1) is 14.1. The number of benzene rings is 1. The monoisotopic (exact) mass is 398 g/mol. The zero-order chi connectivity index (χ0) is 20.6. The molecule has 1 atom stereocenters. The van der Waals surface area contributed by atoms with Gasteiger partial charge in [0.25, 0.3) is 0 Å². The number of aromatic nitrogens is 3. The first-order valence-corrected chi connectivity index (χ1v) is 9.74. The molecular weight excluding hydrogens is 371 g/mol. The average Bonchev–Trinajstić information content (AvgIpc) is 3.22. The number of halogens is 1. The lowest BCUT2D eigenvalue weighted by atomic mass is 10.1. The van der Waals surface area contributed by atoms with E-state index in [0.29, 0.717) is 24.4 Å². The lowest BCUT2D eigenvalue weighted by Crippen LogP contribution is -2.32. The maximum atomic E-state index is 13.2. The Bertz CT molecular complexity index is 865. The molecule has 1 aliphatic rings. The number of hydrogen-bond donors (Lipinski definition) is 3. The Balaban J connectivity index is 1.86. The lowest BCUT2D eigenvalue weighted by Gasteiger charge is -2.22. The van der Waals surface area contributed by atoms with Crippen LogP contribution in [0.1, 0.15) is 25.5 Å². The van der Waals surface area contributed by atoms with E-state index in [1.165, 1.54) is 12.1 Å². The van der Waals surface area contributed by atoms with Crippen molar-refractivity contribution in [1.29, 1.82) is 0 Å². The van der Waals surface area contributed by atoms with Crippen LogP contribution in [0.4, 0.5) is 22.2 Å². The predicted molar refractivity (Wildman–Crippen MR) is 115 cm³/mol. The number of nitrogens with one attached hydrogen (secondary N) is 3. The molecule has 0 saturated heterocycles. The van der Waals surface area contributed by atoms with E-state index in [9.17, 15) is 4.39 Å². The van der Waals surface area contributed by atoms with E-state index in [0.717, 1.165) is 31.0 Å². The Hall–Kier alpha value is -3.07. The summed E-state index contributed by atoms with van der Waals surface area (Å²) in [6.45, 7) is 7.03. The first kappa shape index (κ1) is 20.7. The van der Waals surface area contributed by atoms with E-state index in [-0.39, 0.29) is 11.9 Å². The smallest absolute Gasteiger partial charge is 0.234 e. The van der Waals surface area contributed by atoms with Crippen LogP contribution in [0.5, 0.6) is 0 Å². The van der Waals surface area contributed by atoms with Gasteiger partial charge in [-0.05, 0) is 44.7 Å². The van der Waals surface area contributed by atoms with Crippen molar-refractivity contribution in [2.24, 2.45) is 4.99 Å². The molecule has 154 valence electrons. The maximum absolute atomic E-state index is 13.2. The second kappa shape index (κ2) is 9.92. The molecule has 0 aliphatic carbocycles. The molecule has 3 rings (SSSR count). The summed E-state index contributed by atoms with van der Waals surface area (Å²) in [5.74, 6) is 1.91. The predicted octanol–water partition coefficient (Wildman–Crippen LogP) is 2.61. The fourth-order valence-electron chi connectivity index (χ4n) is 2.87. The van der Waals surface area contributed by atoms with Gasteiger partial charge in [0.1, 0.15) is 11.7 Å². The molecule has 1 unspecified atom stereocenters. The van der Waals surface area contributed by atoms with Gasteiger partial charge in [0.15, 0.2) is 0 Å². The highest BCUT2D eigenvalue weighted by Gasteiger charge is 2.15. The van der Waals surface area contributed by atoms with Gasteiger partial charge < -0.3 is 20.9 Å². The number of amidine groups is 1. The number of aliphatic imine (C=N–C) groups is 1. The molecule has 0 saturated carbocycles. The van der Waals surface area contributed by atoms with Crippen LogP contribution in [0.25, 0.3) is 0 Å². The van der Waals surface area contributed by atoms with Crippen LogP contribution in [0.3, 0.4) is 0 Å². The molecule has 2 aromatic rings. The fraction of sp³-hybridized carbons (Fsp3) is 0.400. The van der Waals surface area contributed by atoms with Crippen molar-refractivity contribution in [2.45, 2.75) is 19.9 Å². The van der Waals surface area contributed by atoms with Crippen molar-refractivity contribution in [2.75, 3.05) is 48.8 Å². The molecule has 1 aliphatic heterocycles. The molecule has 8 nitrogen and oxygen atoms in total. The minimum absolute atomic E-state index is 0.102. The van der Waals surface area contributed by atoms with Gasteiger partial charge in [-0.2, -0.15) is 15.0 Å². The van der Waals surface area contributed by atoms with Crippen molar-refractivity contribution in [3.63, 3.8) is 0 Å². The zero-order valence-corrected chi connectivity index (χ0v) is 17.0. The quantitative estimate of drug-likeness (QED) is 0.598. The number of likely N-dealkylation sites (N-methyl/N-ethyl adjacent to an activating group) is 2. The molecule has 0 bridgehead atoms. The number of nitrogens with zero attached hydrogens (tertiary/aromatic N) is 5. The normalized spacial score (nSPS) is 13.9. The molecular formula is C20H27FN8. The molecule has 1 aromatic heterocycles. The van der Waals surface area contributed by atoms with Gasteiger partial charge in [0, 0.05) is 19.6 Å². The van der Waals surface area contributed by atoms with Crippen LogP contribution >= 0.6 is 0 Å². The summed E-state index contributed by atoms with van der Waals surface area (Å²) in [5.41, 5.74) is 0.938. The van der Waals surface area contributed by atoms with E-state index in [2.05, 4.69) is 47.7 Å². The lowest BCUT2D eigenvalue weighted by molar-refractivity contribution is 0.626. The standard InChI is InChI=1S/C20H27FN8/c1-4-29(13-12-22-3)20-27-18(24-14(2)15-7-9-16(21)10-8-15)26-19(28-20)25-17-6-5-11-23-17/h5-10,14,22H,4,11-13H2,1-3H3,(H2,23,24,25,26,27,28). The van der Waals surface area contributed by atoms with Crippen LogP contribution in [0.2, 0.25) is 0 Å². The molecule has 3 N–H and O–H groups in total. The van der Waals surface area contributed by atoms with Gasteiger partial charge >= 0.3 is 0 Å². The summed E-state index contributed by atoms with van der Waals surface area (Å²) in [6.07, 6.45) is 3.86. The van der Waals surface area contributed by atoms with Crippen molar-refractivity contribution in [3.8, 4) is 0 Å². The molecule has 1 aromatic carbocycles. The Morgan fingerprint density at radius 3 is 2.55 bits per heavy atom. The third-order valence-corrected chi connectivity index (χ3v) is 4.52. The molecule has 9 heteroatoms. The van der Waals surface area contributed by atoms with Gasteiger partial charge in [0.05, 0.1) is 12.6 Å². The van der Waals surface area contributed by atoms with E-state index >= 15 is 0 Å². The molecule has 0 fully saturated rings. The van der Waals surface area contributed by atoms with E-state index in [4.69, 9.17) is 0 Å². The summed E-state index contributed by atoms with van der Waals surface area (Å²) in [4.78, 5) is 20.1. The minimum Gasteiger partial charge on any atom is -0.348 e. The summed E-state index contributed by atoms with van der Waals surface area (Å²) >= 11 is 0. The average molecular weight is 398 g/mol. The van der Waals surface area contributed by atoms with E-state index in [1.807, 2.05) is 26.1 Å². The van der Waals surface area contributed by atoms with Crippen molar-refractivity contribution < 1.29 is 4.39 Å². The topological polar surface area (TPSA) is 90.4 Å². The van der Waals surface area contributed by atoms with Crippen LogP contribution in [0.15, 0.2) is 41.4 Å². The van der Waals surface area contributed by atoms with Crippen LogP contribution < -0.4 is 20.9 Å².